The van der Waals surface area contributed by atoms with E-state index in [0.717, 1.165) is 24.7 Å². The van der Waals surface area contributed by atoms with Crippen molar-refractivity contribution in [3.8, 4) is 0 Å². The van der Waals surface area contributed by atoms with Crippen molar-refractivity contribution in [1.82, 2.24) is 5.32 Å². The van der Waals surface area contributed by atoms with Crippen LogP contribution in [-0.2, 0) is 9.59 Å². The molecule has 3 rings (SSSR count). The molecule has 0 spiro atoms. The number of carbonyl (C=O) groups excluding carboxylic acids is 1. The molecular weight excluding hydrogens is 230 g/mol. The fraction of sp³-hybridized carbons (Fsp3) is 0.857. The summed E-state index contributed by atoms with van der Waals surface area (Å²) in [6.07, 6.45) is 7.97. The fourth-order valence-corrected chi connectivity index (χ4v) is 3.42. The zero-order valence-corrected chi connectivity index (χ0v) is 10.6. The molecule has 4 heteroatoms. The number of nitrogens with one attached hydrogen (secondary N) is 1. The van der Waals surface area contributed by atoms with Gasteiger partial charge in [-0.3, -0.25) is 9.59 Å². The summed E-state index contributed by atoms with van der Waals surface area (Å²) < 4.78 is 0. The number of rotatable bonds is 4. The van der Waals surface area contributed by atoms with Gasteiger partial charge in [-0.05, 0) is 43.9 Å². The first kappa shape index (κ1) is 12.0. The Balaban J connectivity index is 1.47. The Hall–Kier alpha value is -1.06. The Morgan fingerprint density at radius 2 is 1.72 bits per heavy atom. The normalized spacial score (nSPS) is 39.1. The van der Waals surface area contributed by atoms with Gasteiger partial charge in [0.1, 0.15) is 0 Å². The third-order valence-electron chi connectivity index (χ3n) is 4.79. The van der Waals surface area contributed by atoms with Crippen LogP contribution in [-0.4, -0.2) is 23.0 Å². The van der Waals surface area contributed by atoms with Crippen LogP contribution in [0, 0.1) is 23.7 Å². The van der Waals surface area contributed by atoms with E-state index in [1.165, 1.54) is 25.7 Å². The molecule has 0 aliphatic heterocycles. The van der Waals surface area contributed by atoms with Crippen molar-refractivity contribution in [2.75, 3.05) is 0 Å². The Kier molecular flexibility index (Phi) is 3.04. The SMILES string of the molecule is O=C(N[C@@H]1CCC[C@@H](C2CC2)C1)[C@H]1C[C@H]1C(=O)O. The van der Waals surface area contributed by atoms with Crippen LogP contribution in [0.15, 0.2) is 0 Å². The highest BCUT2D eigenvalue weighted by Gasteiger charge is 2.48. The van der Waals surface area contributed by atoms with E-state index < -0.39 is 11.9 Å². The number of aliphatic carboxylic acids is 1. The zero-order chi connectivity index (χ0) is 12.7. The molecule has 0 aromatic carbocycles. The number of carbonyl (C=O) groups is 2. The van der Waals surface area contributed by atoms with Crippen LogP contribution in [0.4, 0.5) is 0 Å². The molecule has 3 fully saturated rings. The average Bonchev–Trinajstić information content (AvgIpc) is 3.20. The van der Waals surface area contributed by atoms with Gasteiger partial charge in [0, 0.05) is 6.04 Å². The van der Waals surface area contributed by atoms with E-state index in [4.69, 9.17) is 5.11 Å². The molecule has 0 unspecified atom stereocenters. The molecule has 0 saturated heterocycles. The first-order valence-corrected chi connectivity index (χ1v) is 7.18. The van der Waals surface area contributed by atoms with Crippen LogP contribution in [0.25, 0.3) is 0 Å². The first-order chi connectivity index (χ1) is 8.65. The van der Waals surface area contributed by atoms with Gasteiger partial charge in [-0.1, -0.05) is 12.8 Å². The molecule has 18 heavy (non-hydrogen) atoms. The molecule has 4 nitrogen and oxygen atoms in total. The summed E-state index contributed by atoms with van der Waals surface area (Å²) in [5.74, 6) is 0.186. The lowest BCUT2D eigenvalue weighted by Gasteiger charge is -2.29. The highest BCUT2D eigenvalue weighted by molar-refractivity contribution is 5.89. The lowest BCUT2D eigenvalue weighted by molar-refractivity contribution is -0.140. The van der Waals surface area contributed by atoms with Crippen LogP contribution < -0.4 is 5.32 Å². The van der Waals surface area contributed by atoms with E-state index in [9.17, 15) is 9.59 Å². The molecule has 1 amide bonds. The highest BCUT2D eigenvalue weighted by Crippen LogP contribution is 2.44. The predicted octanol–water partition coefficient (Wildman–Crippen LogP) is 1.79. The molecule has 0 heterocycles. The lowest BCUT2D eigenvalue weighted by Crippen LogP contribution is -2.40. The maximum atomic E-state index is 11.9. The number of carboxylic acid groups (broad SMARTS) is 1. The van der Waals surface area contributed by atoms with Crippen LogP contribution in [0.2, 0.25) is 0 Å². The summed E-state index contributed by atoms with van der Waals surface area (Å²) in [4.78, 5) is 22.6. The minimum atomic E-state index is -0.824. The van der Waals surface area contributed by atoms with E-state index in [0.29, 0.717) is 12.5 Å². The molecule has 3 aliphatic carbocycles. The van der Waals surface area contributed by atoms with Crippen molar-refractivity contribution in [3.05, 3.63) is 0 Å². The third-order valence-corrected chi connectivity index (χ3v) is 4.79. The molecule has 3 saturated carbocycles. The van der Waals surface area contributed by atoms with Crippen LogP contribution in [0.5, 0.6) is 0 Å². The number of hydrogen-bond donors (Lipinski definition) is 2. The molecule has 100 valence electrons. The summed E-state index contributed by atoms with van der Waals surface area (Å²) >= 11 is 0. The summed E-state index contributed by atoms with van der Waals surface area (Å²) in [5, 5.41) is 11.9. The van der Waals surface area contributed by atoms with Crippen LogP contribution >= 0.6 is 0 Å². The Morgan fingerprint density at radius 3 is 2.33 bits per heavy atom. The van der Waals surface area contributed by atoms with Gasteiger partial charge in [-0.25, -0.2) is 0 Å². The molecule has 3 aliphatic rings. The molecule has 4 atom stereocenters. The molecule has 2 N–H and O–H groups in total. The lowest BCUT2D eigenvalue weighted by atomic mass is 9.82. The largest absolute Gasteiger partial charge is 0.481 e. The summed E-state index contributed by atoms with van der Waals surface area (Å²) in [6, 6.07) is 0.298. The van der Waals surface area contributed by atoms with E-state index in [-0.39, 0.29) is 11.8 Å². The Morgan fingerprint density at radius 1 is 0.944 bits per heavy atom. The van der Waals surface area contributed by atoms with Crippen molar-refractivity contribution in [2.24, 2.45) is 23.7 Å². The van der Waals surface area contributed by atoms with Crippen LogP contribution in [0.1, 0.15) is 44.9 Å². The zero-order valence-electron chi connectivity index (χ0n) is 10.6. The van der Waals surface area contributed by atoms with E-state index in [1.807, 2.05) is 0 Å². The fourth-order valence-electron chi connectivity index (χ4n) is 3.42. The van der Waals surface area contributed by atoms with Crippen LogP contribution in [0.3, 0.4) is 0 Å². The van der Waals surface area contributed by atoms with Gasteiger partial charge in [0.15, 0.2) is 0 Å². The van der Waals surface area contributed by atoms with Gasteiger partial charge in [-0.2, -0.15) is 0 Å². The minimum absolute atomic E-state index is 0.0242. The number of amides is 1. The number of carboxylic acids is 1. The second kappa shape index (κ2) is 4.56. The van der Waals surface area contributed by atoms with Gasteiger partial charge in [0.05, 0.1) is 11.8 Å². The predicted molar refractivity (Wildman–Crippen MR) is 65.8 cm³/mol. The Bertz CT molecular complexity index is 364. The topological polar surface area (TPSA) is 66.4 Å². The van der Waals surface area contributed by atoms with E-state index in [1.54, 1.807) is 0 Å². The highest BCUT2D eigenvalue weighted by atomic mass is 16.4. The van der Waals surface area contributed by atoms with Gasteiger partial charge >= 0.3 is 5.97 Å². The molecule has 0 aromatic heterocycles. The van der Waals surface area contributed by atoms with Crippen molar-refractivity contribution < 1.29 is 14.7 Å². The van der Waals surface area contributed by atoms with Crippen molar-refractivity contribution in [3.63, 3.8) is 0 Å². The monoisotopic (exact) mass is 251 g/mol. The Labute approximate surface area is 107 Å². The van der Waals surface area contributed by atoms with Gasteiger partial charge < -0.3 is 10.4 Å². The van der Waals surface area contributed by atoms with Crippen molar-refractivity contribution >= 4 is 11.9 Å². The second-order valence-corrected chi connectivity index (χ2v) is 6.26. The maximum Gasteiger partial charge on any atom is 0.307 e. The molecule has 0 aromatic rings. The molecule has 0 radical (unpaired) electrons. The molecule has 0 bridgehead atoms. The minimum Gasteiger partial charge on any atom is -0.481 e. The van der Waals surface area contributed by atoms with Gasteiger partial charge in [-0.15, -0.1) is 0 Å². The van der Waals surface area contributed by atoms with E-state index >= 15 is 0 Å². The third kappa shape index (κ3) is 2.52. The van der Waals surface area contributed by atoms with E-state index in [2.05, 4.69) is 5.32 Å². The smallest absolute Gasteiger partial charge is 0.307 e. The van der Waals surface area contributed by atoms with Crippen molar-refractivity contribution in [2.45, 2.75) is 51.0 Å². The summed E-state index contributed by atoms with van der Waals surface area (Å²) in [5.41, 5.74) is 0. The number of hydrogen-bond acceptors (Lipinski definition) is 2. The summed E-state index contributed by atoms with van der Waals surface area (Å²) in [7, 11) is 0. The standard InChI is InChI=1S/C14H21NO3/c16-13(11-7-12(11)14(17)18)15-10-3-1-2-9(6-10)8-4-5-8/h8-12H,1-7H2,(H,15,16)(H,17,18)/t9-,10-,11+,12-/m1/s1. The molecular formula is C14H21NO3. The first-order valence-electron chi connectivity index (χ1n) is 7.18. The maximum absolute atomic E-state index is 11.9. The quantitative estimate of drug-likeness (QED) is 0.800. The van der Waals surface area contributed by atoms with Gasteiger partial charge in [0.2, 0.25) is 5.91 Å². The average molecular weight is 251 g/mol. The summed E-state index contributed by atoms with van der Waals surface area (Å²) in [6.45, 7) is 0. The van der Waals surface area contributed by atoms with Crippen molar-refractivity contribution in [1.29, 1.82) is 0 Å². The van der Waals surface area contributed by atoms with Gasteiger partial charge in [0.25, 0.3) is 0 Å². The second-order valence-electron chi connectivity index (χ2n) is 6.26.